The highest BCUT2D eigenvalue weighted by molar-refractivity contribution is 5.91. The van der Waals surface area contributed by atoms with Gasteiger partial charge in [-0.15, -0.1) is 0 Å². The molecule has 1 heterocycles. The predicted octanol–water partition coefficient (Wildman–Crippen LogP) is 4.24. The molecule has 6 nitrogen and oxygen atoms in total. The average Bonchev–Trinajstić information content (AvgIpc) is 3.29. The van der Waals surface area contributed by atoms with Crippen molar-refractivity contribution in [3.63, 3.8) is 0 Å². The van der Waals surface area contributed by atoms with Crippen molar-refractivity contribution in [1.82, 2.24) is 15.1 Å². The van der Waals surface area contributed by atoms with Crippen molar-refractivity contribution in [2.24, 2.45) is 0 Å². The number of amides is 1. The van der Waals surface area contributed by atoms with Crippen LogP contribution >= 0.6 is 0 Å². The molecule has 0 saturated carbocycles. The summed E-state index contributed by atoms with van der Waals surface area (Å²) in [6, 6.07) is 14.3. The molecule has 162 valence electrons. The summed E-state index contributed by atoms with van der Waals surface area (Å²) in [5, 5.41) is 7.01. The SMILES string of the molecule is CCOc1cc(/C=C/C(=O)NCCc2ccc(-n3cccn3)cc2)ccc1OC(F)F. The minimum atomic E-state index is -2.94. The van der Waals surface area contributed by atoms with E-state index in [1.807, 2.05) is 36.5 Å². The molecule has 3 rings (SSSR count). The largest absolute Gasteiger partial charge is 0.490 e. The van der Waals surface area contributed by atoms with Crippen LogP contribution in [0.25, 0.3) is 11.8 Å². The van der Waals surface area contributed by atoms with Gasteiger partial charge in [0.15, 0.2) is 11.5 Å². The summed E-state index contributed by atoms with van der Waals surface area (Å²) in [5.41, 5.74) is 2.70. The number of hydrogen-bond acceptors (Lipinski definition) is 4. The molecule has 0 atom stereocenters. The lowest BCUT2D eigenvalue weighted by Gasteiger charge is -2.11. The quantitative estimate of drug-likeness (QED) is 0.492. The van der Waals surface area contributed by atoms with Crippen LogP contribution in [0.1, 0.15) is 18.1 Å². The van der Waals surface area contributed by atoms with Gasteiger partial charge in [-0.05, 0) is 60.9 Å². The van der Waals surface area contributed by atoms with Gasteiger partial charge in [0.05, 0.1) is 12.3 Å². The molecule has 0 spiro atoms. The first-order chi connectivity index (χ1) is 15.0. The minimum Gasteiger partial charge on any atom is -0.490 e. The van der Waals surface area contributed by atoms with E-state index in [9.17, 15) is 13.6 Å². The molecule has 0 fully saturated rings. The maximum atomic E-state index is 12.5. The molecule has 0 saturated heterocycles. The maximum Gasteiger partial charge on any atom is 0.387 e. The third kappa shape index (κ3) is 6.67. The predicted molar refractivity (Wildman–Crippen MR) is 114 cm³/mol. The molecule has 8 heteroatoms. The van der Waals surface area contributed by atoms with Crippen molar-refractivity contribution in [3.8, 4) is 17.2 Å². The number of nitrogens with zero attached hydrogens (tertiary/aromatic N) is 2. The monoisotopic (exact) mass is 427 g/mol. The normalized spacial score (nSPS) is 11.1. The second-order valence-corrected chi connectivity index (χ2v) is 6.51. The van der Waals surface area contributed by atoms with E-state index in [-0.39, 0.29) is 17.4 Å². The summed E-state index contributed by atoms with van der Waals surface area (Å²) in [6.45, 7) is -0.410. The van der Waals surface area contributed by atoms with E-state index in [0.717, 1.165) is 11.3 Å². The average molecular weight is 427 g/mol. The Bertz CT molecular complexity index is 1000. The molecule has 0 bridgehead atoms. The van der Waals surface area contributed by atoms with E-state index in [2.05, 4.69) is 15.2 Å². The number of alkyl halides is 2. The summed E-state index contributed by atoms with van der Waals surface area (Å²) in [6.07, 6.45) is 7.26. The highest BCUT2D eigenvalue weighted by Gasteiger charge is 2.11. The third-order valence-electron chi connectivity index (χ3n) is 4.33. The van der Waals surface area contributed by atoms with Crippen molar-refractivity contribution in [2.45, 2.75) is 20.0 Å². The van der Waals surface area contributed by atoms with Crippen LogP contribution in [-0.2, 0) is 11.2 Å². The molecule has 2 aromatic carbocycles. The van der Waals surface area contributed by atoms with Crippen LogP contribution in [-0.4, -0.2) is 35.5 Å². The zero-order valence-corrected chi connectivity index (χ0v) is 17.0. The van der Waals surface area contributed by atoms with Crippen LogP contribution in [0.4, 0.5) is 8.78 Å². The zero-order chi connectivity index (χ0) is 22.1. The Morgan fingerprint density at radius 3 is 2.68 bits per heavy atom. The highest BCUT2D eigenvalue weighted by Crippen LogP contribution is 2.30. The molecule has 1 aromatic heterocycles. The van der Waals surface area contributed by atoms with Crippen LogP contribution in [0.15, 0.2) is 67.0 Å². The van der Waals surface area contributed by atoms with Gasteiger partial charge < -0.3 is 14.8 Å². The number of carbonyl (C=O) groups excluding carboxylic acids is 1. The van der Waals surface area contributed by atoms with E-state index in [4.69, 9.17) is 4.74 Å². The third-order valence-corrected chi connectivity index (χ3v) is 4.33. The molecular weight excluding hydrogens is 404 g/mol. The summed E-state index contributed by atoms with van der Waals surface area (Å²) >= 11 is 0. The fourth-order valence-electron chi connectivity index (χ4n) is 2.89. The van der Waals surface area contributed by atoms with Crippen LogP contribution in [0.2, 0.25) is 0 Å². The van der Waals surface area contributed by atoms with Gasteiger partial charge in [0, 0.05) is 25.0 Å². The van der Waals surface area contributed by atoms with Gasteiger partial charge in [-0.25, -0.2) is 4.68 Å². The summed E-state index contributed by atoms with van der Waals surface area (Å²) in [7, 11) is 0. The number of rotatable bonds is 10. The Morgan fingerprint density at radius 1 is 1.19 bits per heavy atom. The summed E-state index contributed by atoms with van der Waals surface area (Å²) in [4.78, 5) is 12.1. The van der Waals surface area contributed by atoms with Crippen molar-refractivity contribution in [1.29, 1.82) is 0 Å². The van der Waals surface area contributed by atoms with E-state index in [1.165, 1.54) is 12.1 Å². The molecule has 1 N–H and O–H groups in total. The first-order valence-electron chi connectivity index (χ1n) is 9.81. The van der Waals surface area contributed by atoms with E-state index in [0.29, 0.717) is 25.1 Å². The molecule has 0 aliphatic carbocycles. The molecule has 0 aliphatic rings. The molecule has 0 radical (unpaired) electrons. The van der Waals surface area contributed by atoms with Gasteiger partial charge in [0.25, 0.3) is 0 Å². The number of benzene rings is 2. The molecule has 3 aromatic rings. The Labute approximate surface area is 179 Å². The number of carbonyl (C=O) groups is 1. The number of nitrogens with one attached hydrogen (secondary N) is 1. The zero-order valence-electron chi connectivity index (χ0n) is 17.0. The van der Waals surface area contributed by atoms with Crippen LogP contribution in [0.3, 0.4) is 0 Å². The lowest BCUT2D eigenvalue weighted by molar-refractivity contribution is -0.116. The van der Waals surface area contributed by atoms with Crippen molar-refractivity contribution >= 4 is 12.0 Å². The Hall–Kier alpha value is -3.68. The Morgan fingerprint density at radius 2 is 2.00 bits per heavy atom. The molecule has 31 heavy (non-hydrogen) atoms. The van der Waals surface area contributed by atoms with Gasteiger partial charge in [0.1, 0.15) is 0 Å². The topological polar surface area (TPSA) is 65.4 Å². The molecular formula is C23H23F2N3O3. The van der Waals surface area contributed by atoms with E-state index in [1.54, 1.807) is 36.0 Å². The standard InChI is InChI=1S/C23H23F2N3O3/c1-2-30-21-16-18(6-10-20(21)31-23(24)25)7-11-22(29)26-14-12-17-4-8-19(9-5-17)28-15-3-13-27-28/h3-11,13,15-16,23H,2,12,14H2,1H3,(H,26,29)/b11-7+. The number of halogens is 2. The first-order valence-corrected chi connectivity index (χ1v) is 9.81. The smallest absolute Gasteiger partial charge is 0.387 e. The maximum absolute atomic E-state index is 12.5. The highest BCUT2D eigenvalue weighted by atomic mass is 19.3. The fraction of sp³-hybridized carbons (Fsp3) is 0.217. The Balaban J connectivity index is 1.50. The molecule has 1 amide bonds. The molecule has 0 aliphatic heterocycles. The fourth-order valence-corrected chi connectivity index (χ4v) is 2.89. The van der Waals surface area contributed by atoms with Gasteiger partial charge >= 0.3 is 6.61 Å². The number of hydrogen-bond donors (Lipinski definition) is 1. The van der Waals surface area contributed by atoms with Crippen LogP contribution in [0.5, 0.6) is 11.5 Å². The second kappa shape index (κ2) is 10.9. The lowest BCUT2D eigenvalue weighted by Crippen LogP contribution is -2.23. The first kappa shape index (κ1) is 22.0. The van der Waals surface area contributed by atoms with Crippen LogP contribution < -0.4 is 14.8 Å². The van der Waals surface area contributed by atoms with Crippen molar-refractivity contribution in [3.05, 3.63) is 78.1 Å². The van der Waals surface area contributed by atoms with Gasteiger partial charge in [-0.3, -0.25) is 4.79 Å². The minimum absolute atomic E-state index is 0.0444. The van der Waals surface area contributed by atoms with Gasteiger partial charge in [-0.2, -0.15) is 13.9 Å². The van der Waals surface area contributed by atoms with Gasteiger partial charge in [-0.1, -0.05) is 18.2 Å². The number of aromatic nitrogens is 2. The number of ether oxygens (including phenoxy) is 2. The van der Waals surface area contributed by atoms with E-state index < -0.39 is 6.61 Å². The van der Waals surface area contributed by atoms with Crippen molar-refractivity contribution in [2.75, 3.05) is 13.2 Å². The lowest BCUT2D eigenvalue weighted by atomic mass is 10.1. The van der Waals surface area contributed by atoms with E-state index >= 15 is 0 Å². The van der Waals surface area contributed by atoms with Gasteiger partial charge in [0.2, 0.25) is 5.91 Å². The second-order valence-electron chi connectivity index (χ2n) is 6.51. The summed E-state index contributed by atoms with van der Waals surface area (Å²) < 4.78 is 36.5. The Kier molecular flexibility index (Phi) is 7.75. The summed E-state index contributed by atoms with van der Waals surface area (Å²) in [5.74, 6) is -0.0972. The van der Waals surface area contributed by atoms with Crippen molar-refractivity contribution < 1.29 is 23.0 Å². The van der Waals surface area contributed by atoms with Crippen LogP contribution in [0, 0.1) is 0 Å². The molecule has 0 unspecified atom stereocenters.